The predicted molar refractivity (Wildman–Crippen MR) is 70.2 cm³/mol. The number of urea groups is 1. The number of carbonyl (C=O) groups excluding carboxylic acids is 2. The van der Waals surface area contributed by atoms with Gasteiger partial charge >= 0.3 is 6.03 Å². The highest BCUT2D eigenvalue weighted by Crippen LogP contribution is 2.17. The lowest BCUT2D eigenvalue weighted by Crippen LogP contribution is -2.47. The molecule has 0 heterocycles. The van der Waals surface area contributed by atoms with Crippen molar-refractivity contribution in [2.75, 3.05) is 0 Å². The number of imide groups is 1. The second kappa shape index (κ2) is 6.37. The first-order valence-electron chi connectivity index (χ1n) is 5.52. The van der Waals surface area contributed by atoms with Gasteiger partial charge in [-0.25, -0.2) is 4.79 Å². The number of benzene rings is 1. The molecule has 0 aliphatic carbocycles. The molecule has 0 bridgehead atoms. The molecule has 0 aliphatic heterocycles. The zero-order valence-electron chi connectivity index (χ0n) is 10.2. The molecule has 1 aromatic rings. The first kappa shape index (κ1) is 14.5. The predicted octanol–water partition coefficient (Wildman–Crippen LogP) is 1.57. The summed E-state index contributed by atoms with van der Waals surface area (Å²) in [6.45, 7) is 3.55. The Morgan fingerprint density at radius 3 is 2.56 bits per heavy atom. The van der Waals surface area contributed by atoms with Gasteiger partial charge in [-0.3, -0.25) is 15.4 Å². The van der Waals surface area contributed by atoms with E-state index < -0.39 is 18.0 Å². The second-order valence-electron chi connectivity index (χ2n) is 4.02. The maximum atomic E-state index is 11.5. The summed E-state index contributed by atoms with van der Waals surface area (Å²) in [6.07, 6.45) is 0. The molecule has 18 heavy (non-hydrogen) atoms. The average Bonchev–Trinajstić information content (AvgIpc) is 2.27. The van der Waals surface area contributed by atoms with Crippen molar-refractivity contribution in [3.05, 3.63) is 34.9 Å². The van der Waals surface area contributed by atoms with E-state index >= 15 is 0 Å². The molecule has 0 spiro atoms. The van der Waals surface area contributed by atoms with Crippen LogP contribution in [0, 0.1) is 0 Å². The fourth-order valence-electron chi connectivity index (χ4n) is 1.55. The summed E-state index contributed by atoms with van der Waals surface area (Å²) >= 11 is 5.89. The Balaban J connectivity index is 2.61. The van der Waals surface area contributed by atoms with Crippen LogP contribution in [0.25, 0.3) is 0 Å². The zero-order valence-corrected chi connectivity index (χ0v) is 11.0. The van der Waals surface area contributed by atoms with Crippen LogP contribution in [0.5, 0.6) is 0 Å². The van der Waals surface area contributed by atoms with Crippen LogP contribution in [0.3, 0.4) is 0 Å². The molecule has 6 heteroatoms. The largest absolute Gasteiger partial charge is 0.351 e. The Morgan fingerprint density at radius 1 is 1.33 bits per heavy atom. The molecule has 0 unspecified atom stereocenters. The Hall–Kier alpha value is -1.59. The van der Waals surface area contributed by atoms with Gasteiger partial charge in [0.25, 0.3) is 0 Å². The van der Waals surface area contributed by atoms with E-state index in [2.05, 4.69) is 5.32 Å². The van der Waals surface area contributed by atoms with E-state index in [1.807, 2.05) is 30.4 Å². The van der Waals surface area contributed by atoms with Gasteiger partial charge in [0.05, 0.1) is 6.04 Å². The van der Waals surface area contributed by atoms with Crippen LogP contribution < -0.4 is 16.4 Å². The number of amides is 3. The van der Waals surface area contributed by atoms with E-state index in [0.717, 1.165) is 5.56 Å². The van der Waals surface area contributed by atoms with Crippen molar-refractivity contribution in [2.24, 2.45) is 5.73 Å². The highest BCUT2D eigenvalue weighted by atomic mass is 35.5. The molecule has 1 aromatic carbocycles. The van der Waals surface area contributed by atoms with Crippen molar-refractivity contribution >= 4 is 23.5 Å². The molecule has 0 aliphatic rings. The zero-order chi connectivity index (χ0) is 13.7. The summed E-state index contributed by atoms with van der Waals surface area (Å²) in [7, 11) is 0. The molecule has 0 fully saturated rings. The molecule has 0 saturated carbocycles. The summed E-state index contributed by atoms with van der Waals surface area (Å²) in [4.78, 5) is 22.0. The number of halogens is 1. The first-order chi connectivity index (χ1) is 8.40. The lowest BCUT2D eigenvalue weighted by Gasteiger charge is -2.19. The molecule has 0 aromatic heterocycles. The van der Waals surface area contributed by atoms with E-state index in [4.69, 9.17) is 17.3 Å². The van der Waals surface area contributed by atoms with Crippen LogP contribution in [0.15, 0.2) is 24.3 Å². The molecule has 2 atom stereocenters. The van der Waals surface area contributed by atoms with Gasteiger partial charge in [-0.05, 0) is 31.5 Å². The molecule has 3 amide bonds. The minimum atomic E-state index is -0.857. The van der Waals surface area contributed by atoms with Gasteiger partial charge in [-0.1, -0.05) is 23.7 Å². The number of nitrogens with two attached hydrogens (primary N) is 1. The Bertz CT molecular complexity index is 451. The fourth-order valence-corrected chi connectivity index (χ4v) is 1.75. The van der Waals surface area contributed by atoms with Crippen molar-refractivity contribution < 1.29 is 9.59 Å². The van der Waals surface area contributed by atoms with Crippen LogP contribution in [0.4, 0.5) is 4.79 Å². The van der Waals surface area contributed by atoms with Crippen molar-refractivity contribution in [3.63, 3.8) is 0 Å². The molecular weight excluding hydrogens is 254 g/mol. The number of hydrogen-bond acceptors (Lipinski definition) is 3. The first-order valence-corrected chi connectivity index (χ1v) is 5.89. The third kappa shape index (κ3) is 4.35. The van der Waals surface area contributed by atoms with Gasteiger partial charge in [0.1, 0.15) is 0 Å². The van der Waals surface area contributed by atoms with Crippen LogP contribution in [-0.2, 0) is 4.79 Å². The van der Waals surface area contributed by atoms with Crippen LogP contribution >= 0.6 is 11.6 Å². The fraction of sp³-hybridized carbons (Fsp3) is 0.333. The van der Waals surface area contributed by atoms with Crippen LogP contribution in [0.1, 0.15) is 25.5 Å². The van der Waals surface area contributed by atoms with Crippen molar-refractivity contribution in [3.8, 4) is 0 Å². The van der Waals surface area contributed by atoms with Gasteiger partial charge in [0.2, 0.25) is 5.91 Å². The van der Waals surface area contributed by atoms with E-state index in [1.165, 1.54) is 0 Å². The molecule has 0 saturated heterocycles. The third-order valence-corrected chi connectivity index (χ3v) is 2.72. The number of nitrogens with one attached hydrogen (secondary N) is 2. The van der Waals surface area contributed by atoms with E-state index in [0.29, 0.717) is 5.02 Å². The highest BCUT2D eigenvalue weighted by Gasteiger charge is 2.17. The normalized spacial score (nSPS) is 13.7. The molecular formula is C12H16ClN3O2. The van der Waals surface area contributed by atoms with Crippen molar-refractivity contribution in [1.82, 2.24) is 10.6 Å². The van der Waals surface area contributed by atoms with E-state index in [1.54, 1.807) is 13.0 Å². The number of rotatable bonds is 4. The summed E-state index contributed by atoms with van der Waals surface area (Å²) < 4.78 is 0. The summed E-state index contributed by atoms with van der Waals surface area (Å²) in [5.74, 6) is -0.462. The minimum Gasteiger partial charge on any atom is -0.351 e. The van der Waals surface area contributed by atoms with Gasteiger partial charge < -0.3 is 5.73 Å². The SMILES string of the molecule is C[C@H](N[C@H](C)c1cccc(Cl)c1)C(=O)NC(N)=O. The van der Waals surface area contributed by atoms with Gasteiger partial charge in [-0.2, -0.15) is 0 Å². The highest BCUT2D eigenvalue weighted by molar-refractivity contribution is 6.30. The maximum absolute atomic E-state index is 11.5. The summed E-state index contributed by atoms with van der Waals surface area (Å²) in [5.41, 5.74) is 5.84. The number of carbonyl (C=O) groups is 2. The molecule has 4 N–H and O–H groups in total. The monoisotopic (exact) mass is 269 g/mol. The number of hydrogen-bond donors (Lipinski definition) is 3. The van der Waals surface area contributed by atoms with Gasteiger partial charge in [-0.15, -0.1) is 0 Å². The van der Waals surface area contributed by atoms with Gasteiger partial charge in [0, 0.05) is 11.1 Å². The molecule has 5 nitrogen and oxygen atoms in total. The Labute approximate surface area is 111 Å². The third-order valence-electron chi connectivity index (χ3n) is 2.49. The van der Waals surface area contributed by atoms with E-state index in [-0.39, 0.29) is 6.04 Å². The summed E-state index contributed by atoms with van der Waals surface area (Å²) in [5, 5.41) is 5.71. The van der Waals surface area contributed by atoms with Crippen LogP contribution in [-0.4, -0.2) is 18.0 Å². The van der Waals surface area contributed by atoms with Crippen molar-refractivity contribution in [2.45, 2.75) is 25.9 Å². The quantitative estimate of drug-likeness (QED) is 0.776. The Kier molecular flexibility index (Phi) is 5.12. The Morgan fingerprint density at radius 2 is 2.00 bits per heavy atom. The average molecular weight is 270 g/mol. The minimum absolute atomic E-state index is 0.0719. The van der Waals surface area contributed by atoms with Gasteiger partial charge in [0.15, 0.2) is 0 Å². The number of primary amides is 1. The van der Waals surface area contributed by atoms with Crippen LogP contribution in [0.2, 0.25) is 5.02 Å². The van der Waals surface area contributed by atoms with Crippen molar-refractivity contribution in [1.29, 1.82) is 0 Å². The smallest absolute Gasteiger partial charge is 0.318 e. The maximum Gasteiger partial charge on any atom is 0.318 e. The topological polar surface area (TPSA) is 84.2 Å². The second-order valence-corrected chi connectivity index (χ2v) is 4.45. The molecule has 98 valence electrons. The lowest BCUT2D eigenvalue weighted by atomic mass is 10.1. The van der Waals surface area contributed by atoms with E-state index in [9.17, 15) is 9.59 Å². The molecule has 1 rings (SSSR count). The lowest BCUT2D eigenvalue weighted by molar-refractivity contribution is -0.121. The standard InChI is InChI=1S/C12H16ClN3O2/c1-7(9-4-3-5-10(13)6-9)15-8(2)11(17)16-12(14)18/h3-8,15H,1-2H3,(H3,14,16,17,18)/t7-,8+/m1/s1. The summed E-state index contributed by atoms with van der Waals surface area (Å²) in [6, 6.07) is 5.87. The molecule has 0 radical (unpaired) electrons.